The molecule has 0 aromatic rings. The number of carbonyl (C=O) groups excluding carboxylic acids is 1. The molecule has 5 nitrogen and oxygen atoms in total. The predicted molar refractivity (Wildman–Crippen MR) is 79.5 cm³/mol. The third kappa shape index (κ3) is 6.20. The molecule has 1 heterocycles. The monoisotopic (exact) mass is 286 g/mol. The van der Waals surface area contributed by atoms with E-state index in [0.717, 1.165) is 39.0 Å². The number of likely N-dealkylation sites (tertiary alicyclic amines) is 1. The van der Waals surface area contributed by atoms with Crippen molar-refractivity contribution in [1.29, 1.82) is 0 Å². The van der Waals surface area contributed by atoms with Crippen LogP contribution in [0.2, 0.25) is 0 Å². The van der Waals surface area contributed by atoms with Gasteiger partial charge in [-0.25, -0.2) is 0 Å². The van der Waals surface area contributed by atoms with Gasteiger partial charge in [0, 0.05) is 19.7 Å². The van der Waals surface area contributed by atoms with E-state index in [2.05, 4.69) is 13.8 Å². The van der Waals surface area contributed by atoms with E-state index < -0.39 is 0 Å². The molecule has 1 saturated heterocycles. The number of hydrogen-bond acceptors (Lipinski definition) is 4. The number of ether oxygens (including phenoxy) is 2. The largest absolute Gasteiger partial charge is 0.379 e. The van der Waals surface area contributed by atoms with Crippen LogP contribution < -0.4 is 5.73 Å². The summed E-state index contributed by atoms with van der Waals surface area (Å²) in [7, 11) is 0. The van der Waals surface area contributed by atoms with Gasteiger partial charge in [-0.05, 0) is 32.1 Å². The van der Waals surface area contributed by atoms with E-state index in [-0.39, 0.29) is 18.1 Å². The van der Waals surface area contributed by atoms with Crippen LogP contribution in [0, 0.1) is 5.92 Å². The van der Waals surface area contributed by atoms with Gasteiger partial charge < -0.3 is 20.1 Å². The van der Waals surface area contributed by atoms with E-state index in [9.17, 15) is 4.79 Å². The summed E-state index contributed by atoms with van der Waals surface area (Å²) in [6.45, 7) is 9.67. The highest BCUT2D eigenvalue weighted by molar-refractivity contribution is 5.81. The Labute approximate surface area is 122 Å². The van der Waals surface area contributed by atoms with Gasteiger partial charge in [0.2, 0.25) is 5.91 Å². The number of nitrogens with zero attached hydrogens (tertiary/aromatic N) is 1. The van der Waals surface area contributed by atoms with Crippen LogP contribution in [0.3, 0.4) is 0 Å². The molecule has 0 unspecified atom stereocenters. The molecule has 0 saturated carbocycles. The average Bonchev–Trinajstić information content (AvgIpc) is 2.43. The molecule has 1 rings (SSSR count). The van der Waals surface area contributed by atoms with E-state index in [1.807, 2.05) is 11.8 Å². The maximum absolute atomic E-state index is 12.2. The number of nitrogens with two attached hydrogens (primary N) is 1. The minimum atomic E-state index is -0.356. The number of amides is 1. The normalized spacial score (nSPS) is 18.6. The van der Waals surface area contributed by atoms with Crippen LogP contribution in [0.1, 0.15) is 40.0 Å². The lowest BCUT2D eigenvalue weighted by atomic mass is 10.0. The minimum Gasteiger partial charge on any atom is -0.379 e. The van der Waals surface area contributed by atoms with E-state index >= 15 is 0 Å². The first-order valence-electron chi connectivity index (χ1n) is 7.78. The third-order valence-corrected chi connectivity index (χ3v) is 3.58. The third-order valence-electron chi connectivity index (χ3n) is 3.58. The topological polar surface area (TPSA) is 64.8 Å². The molecule has 0 bridgehead atoms. The predicted octanol–water partition coefficient (Wildman–Crippen LogP) is 1.40. The van der Waals surface area contributed by atoms with E-state index in [1.54, 1.807) is 0 Å². The van der Waals surface area contributed by atoms with Crippen molar-refractivity contribution in [3.63, 3.8) is 0 Å². The first kappa shape index (κ1) is 17.4. The SMILES string of the molecule is CCOCCOC1CCN(C(=O)[C@H](N)CC(C)C)CC1. The van der Waals surface area contributed by atoms with Gasteiger partial charge in [0.25, 0.3) is 0 Å². The lowest BCUT2D eigenvalue weighted by Crippen LogP contribution is -2.48. The molecule has 0 aliphatic carbocycles. The zero-order chi connectivity index (χ0) is 15.0. The fourth-order valence-electron chi connectivity index (χ4n) is 2.50. The molecule has 1 aliphatic rings. The van der Waals surface area contributed by atoms with Crippen LogP contribution in [0.5, 0.6) is 0 Å². The molecule has 20 heavy (non-hydrogen) atoms. The Balaban J connectivity index is 2.22. The van der Waals surface area contributed by atoms with E-state index in [1.165, 1.54) is 0 Å². The Morgan fingerprint density at radius 1 is 1.30 bits per heavy atom. The van der Waals surface area contributed by atoms with Crippen molar-refractivity contribution >= 4 is 5.91 Å². The van der Waals surface area contributed by atoms with Gasteiger partial charge in [0.15, 0.2) is 0 Å². The average molecular weight is 286 g/mol. The van der Waals surface area contributed by atoms with Gasteiger partial charge in [-0.15, -0.1) is 0 Å². The Morgan fingerprint density at radius 2 is 1.95 bits per heavy atom. The van der Waals surface area contributed by atoms with Crippen molar-refractivity contribution in [1.82, 2.24) is 4.90 Å². The second-order valence-corrected chi connectivity index (χ2v) is 5.83. The Morgan fingerprint density at radius 3 is 2.50 bits per heavy atom. The summed E-state index contributed by atoms with van der Waals surface area (Å²) in [4.78, 5) is 14.1. The lowest BCUT2D eigenvalue weighted by molar-refractivity contribution is -0.135. The molecule has 2 N–H and O–H groups in total. The van der Waals surface area contributed by atoms with Gasteiger partial charge >= 0.3 is 0 Å². The Bertz CT molecular complexity index is 276. The van der Waals surface area contributed by atoms with Crippen molar-refractivity contribution in [3.05, 3.63) is 0 Å². The number of piperidine rings is 1. The van der Waals surface area contributed by atoms with Crippen molar-refractivity contribution in [2.75, 3.05) is 32.9 Å². The fourth-order valence-corrected chi connectivity index (χ4v) is 2.50. The molecule has 1 aliphatic heterocycles. The molecule has 0 spiro atoms. The summed E-state index contributed by atoms with van der Waals surface area (Å²) in [5, 5.41) is 0. The second kappa shape index (κ2) is 9.32. The molecule has 1 atom stereocenters. The van der Waals surface area contributed by atoms with E-state index in [0.29, 0.717) is 19.1 Å². The summed E-state index contributed by atoms with van der Waals surface area (Å²) in [6.07, 6.45) is 2.79. The molecule has 1 amide bonds. The number of rotatable bonds is 8. The Hall–Kier alpha value is -0.650. The quantitative estimate of drug-likeness (QED) is 0.685. The molecule has 0 radical (unpaired) electrons. The standard InChI is InChI=1S/C15H30N2O3/c1-4-19-9-10-20-13-5-7-17(8-6-13)15(18)14(16)11-12(2)3/h12-14H,4-11,16H2,1-3H3/t14-/m1/s1. The van der Waals surface area contributed by atoms with Crippen molar-refractivity contribution in [2.45, 2.75) is 52.2 Å². The van der Waals surface area contributed by atoms with Gasteiger partial charge in [-0.2, -0.15) is 0 Å². The maximum atomic E-state index is 12.2. The number of carbonyl (C=O) groups is 1. The summed E-state index contributed by atoms with van der Waals surface area (Å²) in [5.41, 5.74) is 5.96. The fraction of sp³-hybridized carbons (Fsp3) is 0.933. The summed E-state index contributed by atoms with van der Waals surface area (Å²) in [5.74, 6) is 0.542. The van der Waals surface area contributed by atoms with Crippen LogP contribution in [-0.4, -0.2) is 55.9 Å². The molecule has 0 aromatic heterocycles. The molecule has 5 heteroatoms. The van der Waals surface area contributed by atoms with Gasteiger partial charge in [0.05, 0.1) is 25.4 Å². The lowest BCUT2D eigenvalue weighted by Gasteiger charge is -2.33. The van der Waals surface area contributed by atoms with Crippen molar-refractivity contribution in [2.24, 2.45) is 11.7 Å². The molecule has 1 fully saturated rings. The van der Waals surface area contributed by atoms with Crippen molar-refractivity contribution in [3.8, 4) is 0 Å². The zero-order valence-electron chi connectivity index (χ0n) is 13.1. The molecular weight excluding hydrogens is 256 g/mol. The highest BCUT2D eigenvalue weighted by atomic mass is 16.5. The van der Waals surface area contributed by atoms with Crippen LogP contribution in [-0.2, 0) is 14.3 Å². The van der Waals surface area contributed by atoms with Gasteiger partial charge in [0.1, 0.15) is 0 Å². The van der Waals surface area contributed by atoms with Crippen LogP contribution in [0.25, 0.3) is 0 Å². The smallest absolute Gasteiger partial charge is 0.239 e. The maximum Gasteiger partial charge on any atom is 0.239 e. The second-order valence-electron chi connectivity index (χ2n) is 5.83. The van der Waals surface area contributed by atoms with E-state index in [4.69, 9.17) is 15.2 Å². The highest BCUT2D eigenvalue weighted by Gasteiger charge is 2.26. The summed E-state index contributed by atoms with van der Waals surface area (Å²) < 4.78 is 11.0. The van der Waals surface area contributed by atoms with Gasteiger partial charge in [-0.3, -0.25) is 4.79 Å². The Kier molecular flexibility index (Phi) is 8.11. The molecule has 118 valence electrons. The van der Waals surface area contributed by atoms with Crippen molar-refractivity contribution < 1.29 is 14.3 Å². The first-order valence-corrected chi connectivity index (χ1v) is 7.78. The molecule has 0 aromatic carbocycles. The summed E-state index contributed by atoms with van der Waals surface area (Å²) in [6, 6.07) is -0.356. The zero-order valence-corrected chi connectivity index (χ0v) is 13.1. The van der Waals surface area contributed by atoms with Crippen LogP contribution >= 0.6 is 0 Å². The van der Waals surface area contributed by atoms with Crippen LogP contribution in [0.4, 0.5) is 0 Å². The highest BCUT2D eigenvalue weighted by Crippen LogP contribution is 2.15. The summed E-state index contributed by atoms with van der Waals surface area (Å²) >= 11 is 0. The van der Waals surface area contributed by atoms with Gasteiger partial charge in [-0.1, -0.05) is 13.8 Å². The molecular formula is C15H30N2O3. The first-order chi connectivity index (χ1) is 9.54. The minimum absolute atomic E-state index is 0.0893. The number of hydrogen-bond donors (Lipinski definition) is 1. The van der Waals surface area contributed by atoms with Crippen LogP contribution in [0.15, 0.2) is 0 Å².